The molecular weight excluding hydrogens is 457 g/mol. The highest BCUT2D eigenvalue weighted by atomic mass is 32.2. The molecule has 1 aliphatic heterocycles. The summed E-state index contributed by atoms with van der Waals surface area (Å²) < 4.78 is 47.4. The van der Waals surface area contributed by atoms with E-state index in [1.165, 1.54) is 30.5 Å². The summed E-state index contributed by atoms with van der Waals surface area (Å²) in [7, 11) is -3.73. The van der Waals surface area contributed by atoms with Gasteiger partial charge in [-0.1, -0.05) is 30.3 Å². The minimum Gasteiger partial charge on any atom is -0.376 e. The summed E-state index contributed by atoms with van der Waals surface area (Å²) >= 11 is 0. The molecule has 1 atom stereocenters. The first-order valence-corrected chi connectivity index (χ1v) is 13.0. The van der Waals surface area contributed by atoms with Crippen LogP contribution in [0.4, 0.5) is 4.39 Å². The number of halogens is 1. The molecule has 9 heteroatoms. The van der Waals surface area contributed by atoms with Gasteiger partial charge in [0.2, 0.25) is 15.0 Å². The van der Waals surface area contributed by atoms with Crippen LogP contribution in [0.25, 0.3) is 0 Å². The lowest BCUT2D eigenvalue weighted by Gasteiger charge is -2.23. The SMILES string of the molecule is CCN(Cc1cnc(S(=O)(=O)Cc2ccccc2)n1C[C@H]1CCCO1)C(=O)c1ccc(F)cc1. The number of carbonyl (C=O) groups excluding carboxylic acids is 1. The van der Waals surface area contributed by atoms with Crippen LogP contribution in [0.1, 0.15) is 41.4 Å². The van der Waals surface area contributed by atoms with Crippen molar-refractivity contribution in [3.05, 3.63) is 83.4 Å². The van der Waals surface area contributed by atoms with Crippen molar-refractivity contribution in [1.29, 1.82) is 0 Å². The number of nitrogens with zero attached hydrogens (tertiary/aromatic N) is 3. The van der Waals surface area contributed by atoms with Gasteiger partial charge in [-0.2, -0.15) is 0 Å². The van der Waals surface area contributed by atoms with Gasteiger partial charge in [-0.05, 0) is 49.6 Å². The highest BCUT2D eigenvalue weighted by Crippen LogP contribution is 2.23. The van der Waals surface area contributed by atoms with Gasteiger partial charge in [0.25, 0.3) is 5.91 Å². The Morgan fingerprint density at radius 1 is 1.18 bits per heavy atom. The Bertz CT molecular complexity index is 1220. The van der Waals surface area contributed by atoms with Crippen molar-refractivity contribution in [3.8, 4) is 0 Å². The van der Waals surface area contributed by atoms with E-state index in [4.69, 9.17) is 4.74 Å². The van der Waals surface area contributed by atoms with Crippen LogP contribution < -0.4 is 0 Å². The van der Waals surface area contributed by atoms with Gasteiger partial charge in [0.15, 0.2) is 0 Å². The van der Waals surface area contributed by atoms with Crippen LogP contribution in [-0.4, -0.2) is 48.0 Å². The van der Waals surface area contributed by atoms with Gasteiger partial charge in [-0.3, -0.25) is 4.79 Å². The molecule has 2 heterocycles. The van der Waals surface area contributed by atoms with E-state index in [-0.39, 0.29) is 29.5 Å². The molecule has 1 saturated heterocycles. The zero-order valence-electron chi connectivity index (χ0n) is 19.1. The normalized spacial score (nSPS) is 16.0. The van der Waals surface area contributed by atoms with Crippen LogP contribution >= 0.6 is 0 Å². The van der Waals surface area contributed by atoms with Gasteiger partial charge in [-0.25, -0.2) is 17.8 Å². The van der Waals surface area contributed by atoms with E-state index < -0.39 is 15.7 Å². The fraction of sp³-hybridized carbons (Fsp3) is 0.360. The summed E-state index contributed by atoms with van der Waals surface area (Å²) in [4.78, 5) is 18.9. The Labute approximate surface area is 199 Å². The summed E-state index contributed by atoms with van der Waals surface area (Å²) in [5.41, 5.74) is 1.65. The Balaban J connectivity index is 1.64. The van der Waals surface area contributed by atoms with Gasteiger partial charge in [-0.15, -0.1) is 0 Å². The average molecular weight is 486 g/mol. The van der Waals surface area contributed by atoms with Gasteiger partial charge >= 0.3 is 0 Å². The Morgan fingerprint density at radius 2 is 1.91 bits per heavy atom. The summed E-state index contributed by atoms with van der Waals surface area (Å²) in [6, 6.07) is 14.4. The molecule has 180 valence electrons. The molecule has 0 unspecified atom stereocenters. The molecule has 0 radical (unpaired) electrons. The quantitative estimate of drug-likeness (QED) is 0.460. The fourth-order valence-corrected chi connectivity index (χ4v) is 5.61. The number of aromatic nitrogens is 2. The van der Waals surface area contributed by atoms with Crippen LogP contribution in [0.5, 0.6) is 0 Å². The standard InChI is InChI=1S/C25H28FN3O4S/c1-2-28(24(30)20-10-12-21(26)13-11-20)16-22-15-27-25(29(22)17-23-9-6-14-33-23)34(31,32)18-19-7-4-3-5-8-19/h3-5,7-8,10-13,15,23H,2,6,9,14,16-18H2,1H3/t23-/m1/s1. The van der Waals surface area contributed by atoms with E-state index in [0.717, 1.165) is 12.8 Å². The largest absolute Gasteiger partial charge is 0.376 e. The Morgan fingerprint density at radius 3 is 2.56 bits per heavy atom. The molecule has 0 N–H and O–H groups in total. The molecule has 4 rings (SSSR count). The van der Waals surface area contributed by atoms with Crippen LogP contribution in [0, 0.1) is 5.82 Å². The zero-order chi connectivity index (χ0) is 24.1. The molecule has 1 fully saturated rings. The summed E-state index contributed by atoms with van der Waals surface area (Å²) in [5.74, 6) is -0.842. The summed E-state index contributed by atoms with van der Waals surface area (Å²) in [6.45, 7) is 3.40. The number of carbonyl (C=O) groups is 1. The third kappa shape index (κ3) is 5.53. The second-order valence-corrected chi connectivity index (χ2v) is 10.2. The molecule has 1 amide bonds. The first kappa shape index (κ1) is 24.1. The minimum atomic E-state index is -3.73. The lowest BCUT2D eigenvalue weighted by molar-refractivity contribution is 0.0741. The molecule has 0 spiro atoms. The Kier molecular flexibility index (Phi) is 7.43. The van der Waals surface area contributed by atoms with Gasteiger partial charge in [0, 0.05) is 18.7 Å². The maximum atomic E-state index is 13.3. The second kappa shape index (κ2) is 10.5. The molecule has 0 saturated carbocycles. The van der Waals surface area contributed by atoms with E-state index in [9.17, 15) is 17.6 Å². The average Bonchev–Trinajstić information content (AvgIpc) is 3.49. The van der Waals surface area contributed by atoms with Crippen molar-refractivity contribution < 1.29 is 22.3 Å². The van der Waals surface area contributed by atoms with Crippen molar-refractivity contribution in [2.24, 2.45) is 0 Å². The smallest absolute Gasteiger partial charge is 0.254 e. The number of amides is 1. The molecule has 7 nitrogen and oxygen atoms in total. The van der Waals surface area contributed by atoms with E-state index in [1.807, 2.05) is 13.0 Å². The minimum absolute atomic E-state index is 0.0212. The molecule has 2 aromatic carbocycles. The fourth-order valence-electron chi connectivity index (χ4n) is 4.11. The van der Waals surface area contributed by atoms with E-state index in [2.05, 4.69) is 4.98 Å². The van der Waals surface area contributed by atoms with Crippen LogP contribution in [0.3, 0.4) is 0 Å². The number of sulfone groups is 1. The van der Waals surface area contributed by atoms with E-state index in [1.54, 1.807) is 33.7 Å². The zero-order valence-corrected chi connectivity index (χ0v) is 19.9. The summed E-state index contributed by atoms with van der Waals surface area (Å²) in [5, 5.41) is -0.0212. The molecule has 0 aliphatic carbocycles. The molecule has 1 aliphatic rings. The lowest BCUT2D eigenvalue weighted by Crippen LogP contribution is -2.32. The maximum Gasteiger partial charge on any atom is 0.254 e. The highest BCUT2D eigenvalue weighted by molar-refractivity contribution is 7.90. The van der Waals surface area contributed by atoms with Gasteiger partial charge in [0.1, 0.15) is 5.82 Å². The molecule has 3 aromatic rings. The third-order valence-electron chi connectivity index (χ3n) is 5.90. The number of hydrogen-bond donors (Lipinski definition) is 0. The number of rotatable bonds is 9. The third-order valence-corrected chi connectivity index (χ3v) is 7.50. The molecule has 1 aromatic heterocycles. The van der Waals surface area contributed by atoms with Crippen LogP contribution in [0.15, 0.2) is 66.0 Å². The van der Waals surface area contributed by atoms with Crippen LogP contribution in [-0.2, 0) is 33.4 Å². The van der Waals surface area contributed by atoms with Crippen molar-refractivity contribution in [2.75, 3.05) is 13.2 Å². The van der Waals surface area contributed by atoms with Gasteiger partial charge in [0.05, 0.1) is 36.8 Å². The number of hydrogen-bond acceptors (Lipinski definition) is 5. The predicted molar refractivity (Wildman–Crippen MR) is 125 cm³/mol. The van der Waals surface area contributed by atoms with Crippen molar-refractivity contribution in [1.82, 2.24) is 14.5 Å². The van der Waals surface area contributed by atoms with E-state index in [0.29, 0.717) is 36.5 Å². The first-order chi connectivity index (χ1) is 16.4. The van der Waals surface area contributed by atoms with Crippen molar-refractivity contribution in [3.63, 3.8) is 0 Å². The second-order valence-electron chi connectivity index (χ2n) is 8.35. The topological polar surface area (TPSA) is 81.5 Å². The molecule has 34 heavy (non-hydrogen) atoms. The predicted octanol–water partition coefficient (Wildman–Crippen LogP) is 3.84. The highest BCUT2D eigenvalue weighted by Gasteiger charge is 2.28. The maximum absolute atomic E-state index is 13.3. The van der Waals surface area contributed by atoms with Gasteiger partial charge < -0.3 is 14.2 Å². The summed E-state index contributed by atoms with van der Waals surface area (Å²) in [6.07, 6.45) is 3.17. The number of imidazole rings is 1. The van der Waals surface area contributed by atoms with Crippen molar-refractivity contribution in [2.45, 2.75) is 49.9 Å². The molecular formula is C25H28FN3O4S. The lowest BCUT2D eigenvalue weighted by atomic mass is 10.2. The van der Waals surface area contributed by atoms with Crippen LogP contribution in [0.2, 0.25) is 0 Å². The number of benzene rings is 2. The van der Waals surface area contributed by atoms with Crippen molar-refractivity contribution >= 4 is 15.7 Å². The number of ether oxygens (including phenoxy) is 1. The Hall–Kier alpha value is -3.04. The molecule has 0 bridgehead atoms. The monoisotopic (exact) mass is 485 g/mol. The van der Waals surface area contributed by atoms with E-state index >= 15 is 0 Å². The first-order valence-electron chi connectivity index (χ1n) is 11.3.